The predicted octanol–water partition coefficient (Wildman–Crippen LogP) is 2.07. The van der Waals surface area contributed by atoms with E-state index in [1.165, 1.54) is 32.5 Å². The van der Waals surface area contributed by atoms with Gasteiger partial charge in [-0.1, -0.05) is 0 Å². The molecule has 0 saturated carbocycles. The van der Waals surface area contributed by atoms with Gasteiger partial charge in [0.15, 0.2) is 0 Å². The highest BCUT2D eigenvalue weighted by molar-refractivity contribution is 5.04. The summed E-state index contributed by atoms with van der Waals surface area (Å²) in [5.41, 5.74) is -0.370. The zero-order valence-electron chi connectivity index (χ0n) is 13.9. The summed E-state index contributed by atoms with van der Waals surface area (Å²) in [6, 6.07) is 3.51. The van der Waals surface area contributed by atoms with E-state index in [0.717, 1.165) is 18.9 Å². The Morgan fingerprint density at radius 1 is 1.40 bits per heavy atom. The monoisotopic (exact) mass is 280 g/mol. The van der Waals surface area contributed by atoms with Crippen molar-refractivity contribution < 1.29 is 0 Å². The Labute approximate surface area is 125 Å². The van der Waals surface area contributed by atoms with Crippen LogP contribution in [0.2, 0.25) is 0 Å². The molecular formula is C16H32N4. The van der Waals surface area contributed by atoms with Gasteiger partial charge in [0, 0.05) is 18.6 Å². The topological polar surface area (TPSA) is 42.3 Å². The first-order valence-corrected chi connectivity index (χ1v) is 7.94. The molecule has 1 aliphatic heterocycles. The molecule has 1 fully saturated rings. The maximum Gasteiger partial charge on any atom is 0.104 e. The fourth-order valence-corrected chi connectivity index (χ4v) is 3.05. The number of nitrogens with zero attached hydrogens (tertiary/aromatic N) is 3. The molecule has 0 aromatic rings. The van der Waals surface area contributed by atoms with Gasteiger partial charge in [0.2, 0.25) is 0 Å². The molecule has 0 amide bonds. The van der Waals surface area contributed by atoms with Crippen LogP contribution >= 0.6 is 0 Å². The predicted molar refractivity (Wildman–Crippen MR) is 84.7 cm³/mol. The lowest BCUT2D eigenvalue weighted by molar-refractivity contribution is 0.262. The minimum atomic E-state index is -0.370. The van der Waals surface area contributed by atoms with E-state index in [0.29, 0.717) is 6.04 Å². The van der Waals surface area contributed by atoms with Crippen molar-refractivity contribution >= 4 is 0 Å². The molecule has 1 aliphatic rings. The third-order valence-corrected chi connectivity index (χ3v) is 4.23. The number of unbranched alkanes of at least 4 members (excludes halogenated alkanes) is 1. The van der Waals surface area contributed by atoms with E-state index in [4.69, 9.17) is 0 Å². The molecule has 4 nitrogen and oxygen atoms in total. The Hall–Kier alpha value is -0.630. The van der Waals surface area contributed by atoms with Gasteiger partial charge >= 0.3 is 0 Å². The number of nitrogens with one attached hydrogen (secondary N) is 1. The molecule has 1 saturated heterocycles. The quantitative estimate of drug-likeness (QED) is 0.691. The average molecular weight is 280 g/mol. The van der Waals surface area contributed by atoms with Crippen LogP contribution in [-0.2, 0) is 0 Å². The van der Waals surface area contributed by atoms with E-state index in [1.54, 1.807) is 0 Å². The van der Waals surface area contributed by atoms with Gasteiger partial charge in [-0.05, 0) is 73.6 Å². The lowest BCUT2D eigenvalue weighted by atomic mass is 9.95. The number of nitriles is 1. The van der Waals surface area contributed by atoms with Crippen molar-refractivity contribution in [2.75, 3.05) is 33.7 Å². The van der Waals surface area contributed by atoms with Crippen molar-refractivity contribution in [1.82, 2.24) is 15.1 Å². The summed E-state index contributed by atoms with van der Waals surface area (Å²) in [7, 11) is 4.34. The first-order chi connectivity index (χ1) is 9.36. The van der Waals surface area contributed by atoms with Crippen molar-refractivity contribution in [3.8, 4) is 6.07 Å². The van der Waals surface area contributed by atoms with Crippen LogP contribution in [0.15, 0.2) is 0 Å². The molecule has 20 heavy (non-hydrogen) atoms. The molecule has 1 N–H and O–H groups in total. The molecule has 4 heteroatoms. The fourth-order valence-electron chi connectivity index (χ4n) is 3.05. The molecule has 1 rings (SSSR count). The van der Waals surface area contributed by atoms with Crippen molar-refractivity contribution in [2.24, 2.45) is 0 Å². The summed E-state index contributed by atoms with van der Waals surface area (Å²) < 4.78 is 0. The Bertz CT molecular complexity index is 321. The third kappa shape index (κ3) is 5.78. The van der Waals surface area contributed by atoms with Gasteiger partial charge in [-0.3, -0.25) is 5.32 Å². The summed E-state index contributed by atoms with van der Waals surface area (Å²) in [5, 5.41) is 12.7. The first kappa shape index (κ1) is 17.4. The maximum atomic E-state index is 9.31. The van der Waals surface area contributed by atoms with Crippen LogP contribution in [0, 0.1) is 11.3 Å². The second-order valence-electron chi connectivity index (χ2n) is 6.91. The van der Waals surface area contributed by atoms with Crippen LogP contribution in [0.25, 0.3) is 0 Å². The second kappa shape index (κ2) is 7.97. The zero-order chi connectivity index (χ0) is 15.2. The summed E-state index contributed by atoms with van der Waals surface area (Å²) in [6.45, 7) is 9.82. The first-order valence-electron chi connectivity index (χ1n) is 7.94. The van der Waals surface area contributed by atoms with Gasteiger partial charge in [0.25, 0.3) is 0 Å². The molecule has 2 atom stereocenters. The normalized spacial score (nSPS) is 23.2. The van der Waals surface area contributed by atoms with Crippen LogP contribution in [0.5, 0.6) is 0 Å². The van der Waals surface area contributed by atoms with Gasteiger partial charge in [0.05, 0.1) is 6.07 Å². The molecule has 0 spiro atoms. The summed E-state index contributed by atoms with van der Waals surface area (Å²) in [6.07, 6.45) is 4.54. The zero-order valence-corrected chi connectivity index (χ0v) is 13.9. The molecule has 116 valence electrons. The van der Waals surface area contributed by atoms with Crippen LogP contribution in [0.1, 0.15) is 46.5 Å². The van der Waals surface area contributed by atoms with Gasteiger partial charge in [-0.25, -0.2) is 0 Å². The molecule has 1 heterocycles. The number of likely N-dealkylation sites (tertiary alicyclic amines) is 1. The molecule has 0 aromatic carbocycles. The van der Waals surface area contributed by atoms with Gasteiger partial charge in [0.1, 0.15) is 5.54 Å². The Balaban J connectivity index is 2.20. The second-order valence-corrected chi connectivity index (χ2v) is 6.91. The molecule has 2 unspecified atom stereocenters. The van der Waals surface area contributed by atoms with Crippen LogP contribution in [0.4, 0.5) is 0 Å². The molecular weight excluding hydrogens is 248 g/mol. The van der Waals surface area contributed by atoms with Crippen molar-refractivity contribution in [1.29, 1.82) is 5.26 Å². The van der Waals surface area contributed by atoms with E-state index >= 15 is 0 Å². The minimum absolute atomic E-state index is 0.360. The lowest BCUT2D eigenvalue weighted by Gasteiger charge is -2.26. The van der Waals surface area contributed by atoms with Crippen LogP contribution < -0.4 is 5.32 Å². The largest absolute Gasteiger partial charge is 0.305 e. The van der Waals surface area contributed by atoms with E-state index in [2.05, 4.69) is 49.1 Å². The van der Waals surface area contributed by atoms with E-state index in [-0.39, 0.29) is 5.54 Å². The number of rotatable bonds is 8. The highest BCUT2D eigenvalue weighted by atomic mass is 15.2. The van der Waals surface area contributed by atoms with Gasteiger partial charge in [-0.15, -0.1) is 0 Å². The number of hydrogen-bond donors (Lipinski definition) is 1. The Morgan fingerprint density at radius 3 is 2.60 bits per heavy atom. The lowest BCUT2D eigenvalue weighted by Crippen LogP contribution is -2.45. The van der Waals surface area contributed by atoms with Crippen LogP contribution in [0.3, 0.4) is 0 Å². The van der Waals surface area contributed by atoms with Gasteiger partial charge in [-0.2, -0.15) is 5.26 Å². The molecule has 0 bridgehead atoms. The van der Waals surface area contributed by atoms with E-state index < -0.39 is 0 Å². The van der Waals surface area contributed by atoms with E-state index in [9.17, 15) is 5.26 Å². The van der Waals surface area contributed by atoms with Crippen molar-refractivity contribution in [3.63, 3.8) is 0 Å². The molecule has 0 aromatic heterocycles. The third-order valence-electron chi connectivity index (χ3n) is 4.23. The molecule has 0 radical (unpaired) electrons. The highest BCUT2D eigenvalue weighted by Crippen LogP contribution is 2.17. The summed E-state index contributed by atoms with van der Waals surface area (Å²) in [5.74, 6) is 0. The highest BCUT2D eigenvalue weighted by Gasteiger charge is 2.25. The maximum absolute atomic E-state index is 9.31. The Kier molecular flexibility index (Phi) is 6.94. The van der Waals surface area contributed by atoms with E-state index in [1.807, 2.05) is 6.92 Å². The minimum Gasteiger partial charge on any atom is -0.305 e. The number of likely N-dealkylation sites (N-methyl/N-ethyl adjacent to an activating group) is 1. The van der Waals surface area contributed by atoms with Gasteiger partial charge < -0.3 is 9.80 Å². The van der Waals surface area contributed by atoms with Crippen molar-refractivity contribution in [3.05, 3.63) is 0 Å². The Morgan fingerprint density at radius 2 is 2.10 bits per heavy atom. The fraction of sp³-hybridized carbons (Fsp3) is 0.938. The molecule has 0 aliphatic carbocycles. The van der Waals surface area contributed by atoms with Crippen LogP contribution in [-0.4, -0.2) is 61.2 Å². The summed E-state index contributed by atoms with van der Waals surface area (Å²) in [4.78, 5) is 4.89. The average Bonchev–Trinajstić information content (AvgIpc) is 2.83. The SMILES string of the molecule is CC(C)NC(C)(C#N)CCCCN1CCC(N(C)C)C1. The number of hydrogen-bond acceptors (Lipinski definition) is 4. The summed E-state index contributed by atoms with van der Waals surface area (Å²) >= 11 is 0. The smallest absolute Gasteiger partial charge is 0.104 e. The van der Waals surface area contributed by atoms with Crippen molar-refractivity contribution in [2.45, 2.75) is 64.1 Å². The standard InChI is InChI=1S/C16H32N4/c1-14(2)18-16(3,13-17)9-6-7-10-20-11-8-15(12-20)19(4)5/h14-15,18H,6-12H2,1-5H3.